The minimum absolute atomic E-state index is 0.105. The minimum Gasteiger partial charge on any atom is -0.480 e. The first-order valence-electron chi connectivity index (χ1n) is 4.95. The van der Waals surface area contributed by atoms with Crippen LogP contribution in [-0.4, -0.2) is 23.0 Å². The van der Waals surface area contributed by atoms with E-state index >= 15 is 0 Å². The Labute approximate surface area is 110 Å². The summed E-state index contributed by atoms with van der Waals surface area (Å²) in [6.45, 7) is 1.54. The van der Waals surface area contributed by atoms with Gasteiger partial charge in [0.15, 0.2) is 5.12 Å². The van der Waals surface area contributed by atoms with Crippen LogP contribution in [0.2, 0.25) is 5.02 Å². The van der Waals surface area contributed by atoms with Crippen LogP contribution >= 0.6 is 23.4 Å². The Balaban J connectivity index is 2.64. The maximum atomic E-state index is 10.7. The van der Waals surface area contributed by atoms with Gasteiger partial charge in [-0.05, 0) is 6.07 Å². The zero-order chi connectivity index (χ0) is 12.7. The van der Waals surface area contributed by atoms with Crippen LogP contribution in [0.15, 0.2) is 12.3 Å². The van der Waals surface area contributed by atoms with Crippen LogP contribution in [0.4, 0.5) is 0 Å². The number of halogens is 1. The third-order valence-electron chi connectivity index (χ3n) is 1.77. The molecular formula is C12H12ClNO2S. The lowest BCUT2D eigenvalue weighted by atomic mass is 10.2. The summed E-state index contributed by atoms with van der Waals surface area (Å²) in [6.07, 6.45) is 2.15. The highest BCUT2D eigenvalue weighted by molar-refractivity contribution is 8.13. The number of carbonyl (C=O) groups excluding carboxylic acids is 1. The second-order valence-electron chi connectivity index (χ2n) is 3.10. The second kappa shape index (κ2) is 7.21. The fraction of sp³-hybridized carbons (Fsp3) is 0.333. The predicted molar refractivity (Wildman–Crippen MR) is 70.4 cm³/mol. The van der Waals surface area contributed by atoms with Gasteiger partial charge in [0.2, 0.25) is 5.88 Å². The summed E-state index contributed by atoms with van der Waals surface area (Å²) >= 11 is 7.09. The van der Waals surface area contributed by atoms with E-state index in [0.29, 0.717) is 28.6 Å². The number of carbonyl (C=O) groups is 1. The molecule has 0 aliphatic rings. The van der Waals surface area contributed by atoms with Gasteiger partial charge in [-0.1, -0.05) is 35.2 Å². The Kier molecular flexibility index (Phi) is 5.88. The maximum absolute atomic E-state index is 10.7. The van der Waals surface area contributed by atoms with Crippen molar-refractivity contribution >= 4 is 28.5 Å². The monoisotopic (exact) mass is 269 g/mol. The molecule has 1 rings (SSSR count). The lowest BCUT2D eigenvalue weighted by Crippen LogP contribution is -1.91. The lowest BCUT2D eigenvalue weighted by molar-refractivity contribution is -0.109. The van der Waals surface area contributed by atoms with Crippen molar-refractivity contribution in [1.82, 2.24) is 4.98 Å². The largest absolute Gasteiger partial charge is 0.480 e. The van der Waals surface area contributed by atoms with Crippen molar-refractivity contribution in [3.63, 3.8) is 0 Å². The molecule has 90 valence electrons. The van der Waals surface area contributed by atoms with Gasteiger partial charge in [0, 0.05) is 25.3 Å². The zero-order valence-electron chi connectivity index (χ0n) is 9.62. The number of rotatable bonds is 3. The van der Waals surface area contributed by atoms with E-state index in [-0.39, 0.29) is 5.12 Å². The third-order valence-corrected chi connectivity index (χ3v) is 2.79. The molecule has 0 N–H and O–H groups in total. The molecule has 3 nitrogen and oxygen atoms in total. The number of thioether (sulfide) groups is 1. The second-order valence-corrected chi connectivity index (χ2v) is 4.81. The Hall–Kier alpha value is -1.18. The molecule has 0 aliphatic heterocycles. The summed E-state index contributed by atoms with van der Waals surface area (Å²) in [4.78, 5) is 14.7. The SMILES string of the molecule is COc1ncc(Cl)cc1C#CCCSC(C)=O. The number of pyridine rings is 1. The van der Waals surface area contributed by atoms with Crippen LogP contribution in [0.3, 0.4) is 0 Å². The molecule has 0 bridgehead atoms. The van der Waals surface area contributed by atoms with Crippen molar-refractivity contribution in [2.24, 2.45) is 0 Å². The molecule has 0 saturated carbocycles. The van der Waals surface area contributed by atoms with Crippen LogP contribution in [-0.2, 0) is 4.79 Å². The van der Waals surface area contributed by atoms with E-state index in [0.717, 1.165) is 0 Å². The fourth-order valence-corrected chi connectivity index (χ4v) is 1.73. The number of methoxy groups -OCH3 is 1. The summed E-state index contributed by atoms with van der Waals surface area (Å²) in [5.41, 5.74) is 0.660. The number of hydrogen-bond donors (Lipinski definition) is 0. The normalized spacial score (nSPS) is 9.35. The smallest absolute Gasteiger partial charge is 0.229 e. The minimum atomic E-state index is 0.105. The first kappa shape index (κ1) is 13.9. The zero-order valence-corrected chi connectivity index (χ0v) is 11.2. The van der Waals surface area contributed by atoms with E-state index in [2.05, 4.69) is 16.8 Å². The lowest BCUT2D eigenvalue weighted by Gasteiger charge is -2.01. The molecule has 0 amide bonds. The van der Waals surface area contributed by atoms with Gasteiger partial charge in [-0.2, -0.15) is 0 Å². The molecule has 5 heteroatoms. The van der Waals surface area contributed by atoms with Crippen molar-refractivity contribution in [3.8, 4) is 17.7 Å². The number of aromatic nitrogens is 1. The standard InChI is InChI=1S/C12H12ClNO2S/c1-9(15)17-6-4-3-5-10-7-11(13)8-14-12(10)16-2/h7-8H,4,6H2,1-2H3. The molecule has 0 spiro atoms. The maximum Gasteiger partial charge on any atom is 0.229 e. The van der Waals surface area contributed by atoms with Gasteiger partial charge in [-0.3, -0.25) is 4.79 Å². The third kappa shape index (κ3) is 5.12. The average molecular weight is 270 g/mol. The predicted octanol–water partition coefficient (Wildman–Crippen LogP) is 2.76. The van der Waals surface area contributed by atoms with Crippen LogP contribution in [0.25, 0.3) is 0 Å². The Morgan fingerprint density at radius 1 is 1.65 bits per heavy atom. The summed E-state index contributed by atoms with van der Waals surface area (Å²) in [5.74, 6) is 7.04. The highest BCUT2D eigenvalue weighted by Crippen LogP contribution is 2.18. The summed E-state index contributed by atoms with van der Waals surface area (Å²) < 4.78 is 5.06. The van der Waals surface area contributed by atoms with Crippen LogP contribution < -0.4 is 4.74 Å². The molecule has 17 heavy (non-hydrogen) atoms. The van der Waals surface area contributed by atoms with Gasteiger partial charge >= 0.3 is 0 Å². The molecule has 0 atom stereocenters. The highest BCUT2D eigenvalue weighted by atomic mass is 35.5. The van der Waals surface area contributed by atoms with E-state index < -0.39 is 0 Å². The first-order chi connectivity index (χ1) is 8.13. The molecule has 0 radical (unpaired) electrons. The number of hydrogen-bond acceptors (Lipinski definition) is 4. The van der Waals surface area contributed by atoms with Gasteiger partial charge in [-0.15, -0.1) is 0 Å². The summed E-state index contributed by atoms with van der Waals surface area (Å²) in [7, 11) is 1.53. The fourth-order valence-electron chi connectivity index (χ4n) is 1.08. The van der Waals surface area contributed by atoms with Gasteiger partial charge in [0.1, 0.15) is 0 Å². The van der Waals surface area contributed by atoms with E-state index in [4.69, 9.17) is 16.3 Å². The van der Waals surface area contributed by atoms with Gasteiger partial charge in [0.25, 0.3) is 0 Å². The molecule has 0 aliphatic carbocycles. The molecule has 1 heterocycles. The van der Waals surface area contributed by atoms with E-state index in [1.54, 1.807) is 13.0 Å². The Bertz CT molecular complexity index is 465. The highest BCUT2D eigenvalue weighted by Gasteiger charge is 2.01. The molecular weight excluding hydrogens is 258 g/mol. The number of nitrogens with zero attached hydrogens (tertiary/aromatic N) is 1. The van der Waals surface area contributed by atoms with Gasteiger partial charge < -0.3 is 4.74 Å². The van der Waals surface area contributed by atoms with Crippen molar-refractivity contribution in [1.29, 1.82) is 0 Å². The van der Waals surface area contributed by atoms with Crippen LogP contribution in [0.5, 0.6) is 5.88 Å². The summed E-state index contributed by atoms with van der Waals surface area (Å²) in [5, 5.41) is 0.627. The molecule has 1 aromatic heterocycles. The topological polar surface area (TPSA) is 39.2 Å². The average Bonchev–Trinajstić information content (AvgIpc) is 2.28. The first-order valence-corrected chi connectivity index (χ1v) is 6.31. The molecule has 1 aromatic rings. The summed E-state index contributed by atoms with van der Waals surface area (Å²) in [6, 6.07) is 1.71. The Morgan fingerprint density at radius 3 is 3.06 bits per heavy atom. The van der Waals surface area contributed by atoms with E-state index in [1.807, 2.05) is 0 Å². The molecule has 0 unspecified atom stereocenters. The van der Waals surface area contributed by atoms with Crippen molar-refractivity contribution in [2.45, 2.75) is 13.3 Å². The molecule has 0 fully saturated rings. The van der Waals surface area contributed by atoms with Crippen LogP contribution in [0.1, 0.15) is 18.9 Å². The molecule has 0 saturated heterocycles. The molecule has 0 aromatic carbocycles. The number of ether oxygens (including phenoxy) is 1. The van der Waals surface area contributed by atoms with E-state index in [9.17, 15) is 4.79 Å². The van der Waals surface area contributed by atoms with Crippen molar-refractivity contribution in [2.75, 3.05) is 12.9 Å². The quantitative estimate of drug-likeness (QED) is 0.625. The Morgan fingerprint density at radius 2 is 2.41 bits per heavy atom. The van der Waals surface area contributed by atoms with E-state index in [1.165, 1.54) is 25.1 Å². The van der Waals surface area contributed by atoms with Gasteiger partial charge in [-0.25, -0.2) is 4.98 Å². The van der Waals surface area contributed by atoms with Gasteiger partial charge in [0.05, 0.1) is 17.7 Å². The van der Waals surface area contributed by atoms with Crippen LogP contribution in [0, 0.1) is 11.8 Å². The van der Waals surface area contributed by atoms with Crippen molar-refractivity contribution in [3.05, 3.63) is 22.8 Å². The van der Waals surface area contributed by atoms with Crippen molar-refractivity contribution < 1.29 is 9.53 Å².